The van der Waals surface area contributed by atoms with Gasteiger partial charge in [0.1, 0.15) is 11.8 Å². The van der Waals surface area contributed by atoms with Crippen molar-refractivity contribution in [3.8, 4) is 17.9 Å². The number of hydrogen-bond donors (Lipinski definition) is 0. The highest BCUT2D eigenvalue weighted by Gasteiger charge is 2.11. The lowest BCUT2D eigenvalue weighted by atomic mass is 10.1. The highest BCUT2D eigenvalue weighted by Crippen LogP contribution is 2.20. The third-order valence-electron chi connectivity index (χ3n) is 3.01. The second-order valence-electron chi connectivity index (χ2n) is 4.62. The van der Waals surface area contributed by atoms with Crippen molar-refractivity contribution in [1.29, 1.82) is 10.5 Å². The molecule has 0 saturated carbocycles. The molecular weight excluding hydrogens is 238 g/mol. The lowest BCUT2D eigenvalue weighted by molar-refractivity contribution is 0.217. The summed E-state index contributed by atoms with van der Waals surface area (Å²) < 4.78 is 5.21. The number of benzene rings is 1. The van der Waals surface area contributed by atoms with Crippen LogP contribution in [0.5, 0.6) is 5.75 Å². The van der Waals surface area contributed by atoms with E-state index in [1.54, 1.807) is 13.2 Å². The first kappa shape index (κ1) is 15.0. The highest BCUT2D eigenvalue weighted by molar-refractivity contribution is 5.45. The first-order chi connectivity index (χ1) is 9.12. The molecule has 1 aromatic carbocycles. The van der Waals surface area contributed by atoms with Gasteiger partial charge in [0.2, 0.25) is 0 Å². The maximum atomic E-state index is 8.95. The Morgan fingerprint density at radius 3 is 2.58 bits per heavy atom. The number of methoxy groups -OCH3 is 1. The molecule has 0 amide bonds. The summed E-state index contributed by atoms with van der Waals surface area (Å²) in [7, 11) is 1.57. The van der Waals surface area contributed by atoms with Gasteiger partial charge in [0.15, 0.2) is 0 Å². The van der Waals surface area contributed by atoms with Crippen LogP contribution >= 0.6 is 0 Å². The van der Waals surface area contributed by atoms with Gasteiger partial charge in [-0.3, -0.25) is 4.90 Å². The largest absolute Gasteiger partial charge is 0.495 e. The van der Waals surface area contributed by atoms with Gasteiger partial charge in [-0.1, -0.05) is 6.07 Å². The lowest BCUT2D eigenvalue weighted by Crippen LogP contribution is -2.31. The summed E-state index contributed by atoms with van der Waals surface area (Å²) in [6, 6.07) is 10.2. The van der Waals surface area contributed by atoms with Gasteiger partial charge < -0.3 is 4.74 Å². The van der Waals surface area contributed by atoms with Crippen LogP contribution in [-0.2, 0) is 6.54 Å². The molecule has 4 nitrogen and oxygen atoms in total. The third-order valence-corrected chi connectivity index (χ3v) is 3.01. The molecular formula is C15H19N3O. The van der Waals surface area contributed by atoms with Gasteiger partial charge in [-0.15, -0.1) is 0 Å². The first-order valence-corrected chi connectivity index (χ1v) is 6.30. The molecule has 0 spiro atoms. The van der Waals surface area contributed by atoms with E-state index in [-0.39, 0.29) is 0 Å². The fraction of sp³-hybridized carbons (Fsp3) is 0.467. The molecule has 1 rings (SSSR count). The highest BCUT2D eigenvalue weighted by atomic mass is 16.5. The van der Waals surface area contributed by atoms with Gasteiger partial charge in [0.25, 0.3) is 0 Å². The Balaban J connectivity index is 2.85. The molecule has 100 valence electrons. The predicted molar refractivity (Wildman–Crippen MR) is 73.5 cm³/mol. The molecule has 19 heavy (non-hydrogen) atoms. The molecule has 0 fully saturated rings. The van der Waals surface area contributed by atoms with Crippen molar-refractivity contribution < 1.29 is 4.74 Å². The second kappa shape index (κ2) is 7.41. The van der Waals surface area contributed by atoms with Crippen LogP contribution in [0.4, 0.5) is 0 Å². The smallest absolute Gasteiger partial charge is 0.136 e. The molecule has 0 aliphatic carbocycles. The summed E-state index contributed by atoms with van der Waals surface area (Å²) in [5.41, 5.74) is 1.63. The standard InChI is InChI=1S/C15H19N3O/c1-12(2)18(8-4-7-16)11-13-5-6-14(10-17)15(9-13)19-3/h5-6,9,12H,4,8,11H2,1-3H3. The minimum absolute atomic E-state index is 0.370. The Bertz CT molecular complexity index is 497. The van der Waals surface area contributed by atoms with E-state index in [4.69, 9.17) is 15.3 Å². The Labute approximate surface area is 114 Å². The van der Waals surface area contributed by atoms with Crippen LogP contribution in [0.25, 0.3) is 0 Å². The third kappa shape index (κ3) is 4.28. The molecule has 0 unspecified atom stereocenters. The van der Waals surface area contributed by atoms with E-state index in [1.165, 1.54) is 0 Å². The fourth-order valence-electron chi connectivity index (χ4n) is 1.87. The maximum absolute atomic E-state index is 8.95. The van der Waals surface area contributed by atoms with Crippen molar-refractivity contribution in [2.45, 2.75) is 32.9 Å². The predicted octanol–water partition coefficient (Wildman–Crippen LogP) is 2.69. The molecule has 1 aromatic rings. The van der Waals surface area contributed by atoms with Crippen LogP contribution in [0.1, 0.15) is 31.4 Å². The fourth-order valence-corrected chi connectivity index (χ4v) is 1.87. The van der Waals surface area contributed by atoms with Crippen LogP contribution in [0.3, 0.4) is 0 Å². The Hall–Kier alpha value is -2.04. The maximum Gasteiger partial charge on any atom is 0.136 e. The lowest BCUT2D eigenvalue weighted by Gasteiger charge is -2.25. The van der Waals surface area contributed by atoms with Crippen LogP contribution in [0.2, 0.25) is 0 Å². The number of rotatable bonds is 6. The zero-order valence-electron chi connectivity index (χ0n) is 11.7. The summed E-state index contributed by atoms with van der Waals surface area (Å²) in [4.78, 5) is 2.23. The molecule has 0 radical (unpaired) electrons. The summed E-state index contributed by atoms with van der Waals surface area (Å²) in [5, 5.41) is 17.6. The normalized spacial score (nSPS) is 10.3. The number of nitrogens with zero attached hydrogens (tertiary/aromatic N) is 3. The van der Waals surface area contributed by atoms with Gasteiger partial charge in [0.05, 0.1) is 18.7 Å². The summed E-state index contributed by atoms with van der Waals surface area (Å²) >= 11 is 0. The molecule has 4 heteroatoms. The van der Waals surface area contributed by atoms with E-state index >= 15 is 0 Å². The van der Waals surface area contributed by atoms with E-state index < -0.39 is 0 Å². The van der Waals surface area contributed by atoms with E-state index in [1.807, 2.05) is 12.1 Å². The van der Waals surface area contributed by atoms with Crippen molar-refractivity contribution in [2.24, 2.45) is 0 Å². The van der Waals surface area contributed by atoms with Gasteiger partial charge in [-0.05, 0) is 31.5 Å². The SMILES string of the molecule is COc1cc(CN(CCC#N)C(C)C)ccc1C#N. The summed E-state index contributed by atoms with van der Waals surface area (Å²) in [5.74, 6) is 0.601. The average molecular weight is 257 g/mol. The van der Waals surface area contributed by atoms with Crippen molar-refractivity contribution in [1.82, 2.24) is 4.90 Å². The van der Waals surface area contributed by atoms with Crippen molar-refractivity contribution in [2.75, 3.05) is 13.7 Å². The van der Waals surface area contributed by atoms with E-state index in [0.717, 1.165) is 18.7 Å². The van der Waals surface area contributed by atoms with Crippen molar-refractivity contribution in [3.05, 3.63) is 29.3 Å². The van der Waals surface area contributed by atoms with Crippen LogP contribution < -0.4 is 4.74 Å². The Morgan fingerprint density at radius 2 is 2.05 bits per heavy atom. The van der Waals surface area contributed by atoms with Gasteiger partial charge in [0, 0.05) is 25.6 Å². The molecule has 0 bridgehead atoms. The quantitative estimate of drug-likeness (QED) is 0.786. The van der Waals surface area contributed by atoms with Crippen molar-refractivity contribution in [3.63, 3.8) is 0 Å². The van der Waals surface area contributed by atoms with Crippen LogP contribution in [0.15, 0.2) is 18.2 Å². The van der Waals surface area contributed by atoms with E-state index in [9.17, 15) is 0 Å². The minimum atomic E-state index is 0.370. The minimum Gasteiger partial charge on any atom is -0.495 e. The average Bonchev–Trinajstić information content (AvgIpc) is 2.42. The van der Waals surface area contributed by atoms with Gasteiger partial charge in [-0.25, -0.2) is 0 Å². The molecule has 0 aromatic heterocycles. The molecule has 0 N–H and O–H groups in total. The van der Waals surface area contributed by atoms with E-state index in [0.29, 0.717) is 23.8 Å². The molecule has 0 heterocycles. The number of hydrogen-bond acceptors (Lipinski definition) is 4. The van der Waals surface area contributed by atoms with Crippen molar-refractivity contribution >= 4 is 0 Å². The summed E-state index contributed by atoms with van der Waals surface area (Å²) in [6.07, 6.45) is 0.519. The topological polar surface area (TPSA) is 60.0 Å². The molecule has 0 saturated heterocycles. The monoisotopic (exact) mass is 257 g/mol. The van der Waals surface area contributed by atoms with E-state index in [2.05, 4.69) is 30.9 Å². The van der Waals surface area contributed by atoms with Crippen LogP contribution in [0, 0.1) is 22.7 Å². The van der Waals surface area contributed by atoms with Gasteiger partial charge >= 0.3 is 0 Å². The van der Waals surface area contributed by atoms with Gasteiger partial charge in [-0.2, -0.15) is 10.5 Å². The second-order valence-corrected chi connectivity index (χ2v) is 4.62. The zero-order chi connectivity index (χ0) is 14.3. The Kier molecular flexibility index (Phi) is 5.85. The number of ether oxygens (including phenoxy) is 1. The Morgan fingerprint density at radius 1 is 1.32 bits per heavy atom. The first-order valence-electron chi connectivity index (χ1n) is 6.30. The zero-order valence-corrected chi connectivity index (χ0v) is 11.7. The number of nitriles is 2. The summed E-state index contributed by atoms with van der Waals surface area (Å²) in [6.45, 7) is 5.72. The van der Waals surface area contributed by atoms with Crippen LogP contribution in [-0.4, -0.2) is 24.6 Å². The molecule has 0 aliphatic heterocycles. The molecule has 0 aliphatic rings. The molecule has 0 atom stereocenters.